The van der Waals surface area contributed by atoms with Gasteiger partial charge < -0.3 is 5.11 Å². The van der Waals surface area contributed by atoms with Crippen molar-refractivity contribution in [2.45, 2.75) is 0 Å². The molecule has 0 heterocycles. The van der Waals surface area contributed by atoms with Crippen LogP contribution in [0.25, 0.3) is 0 Å². The maximum atomic E-state index is 7.57. The Balaban J connectivity index is 2.30. The van der Waals surface area contributed by atoms with Gasteiger partial charge in [-0.25, -0.2) is 0 Å². The van der Waals surface area contributed by atoms with Crippen LogP contribution in [0.2, 0.25) is 0 Å². The van der Waals surface area contributed by atoms with Gasteiger partial charge in [0.15, 0.2) is 0 Å². The van der Waals surface area contributed by atoms with E-state index in [0.29, 0.717) is 6.21 Å². The van der Waals surface area contributed by atoms with Crippen molar-refractivity contribution in [3.05, 3.63) is 0 Å². The zero-order valence-electron chi connectivity index (χ0n) is 2.18. The van der Waals surface area contributed by atoms with Gasteiger partial charge in [0.2, 0.25) is 0 Å². The van der Waals surface area contributed by atoms with E-state index in [1.54, 1.807) is 0 Å². The van der Waals surface area contributed by atoms with Crippen molar-refractivity contribution in [3.8, 4) is 0 Å². The molecule has 23 valence electrons. The van der Waals surface area contributed by atoms with Gasteiger partial charge in [-0.15, -0.1) is 0 Å². The van der Waals surface area contributed by atoms with Crippen molar-refractivity contribution < 1.29 is 5.11 Å². The van der Waals surface area contributed by atoms with Crippen LogP contribution in [0.15, 0.2) is 0 Å². The van der Waals surface area contributed by atoms with Gasteiger partial charge in [0.1, 0.15) is 0 Å². The lowest BCUT2D eigenvalue weighted by atomic mass is 10.8. The fraction of sp³-hybridized carbons (Fsp3) is 0.500. The number of hydrogen-bond donors (Lipinski definition) is 1. The lowest BCUT2D eigenvalue weighted by molar-refractivity contribution is 0.362. The van der Waals surface area contributed by atoms with Crippen LogP contribution in [0.5, 0.6) is 0 Å². The highest BCUT2D eigenvalue weighted by molar-refractivity contribution is 5.54. The molecule has 1 radical (unpaired) electrons. The van der Waals surface area contributed by atoms with Crippen LogP contribution in [0, 0.1) is 0 Å². The van der Waals surface area contributed by atoms with Gasteiger partial charge in [-0.3, -0.25) is 0 Å². The van der Waals surface area contributed by atoms with Crippen molar-refractivity contribution in [1.82, 2.24) is 5.41 Å². The molecule has 0 aliphatic rings. The van der Waals surface area contributed by atoms with Crippen LogP contribution in [0.3, 0.4) is 0 Å². The summed E-state index contributed by atoms with van der Waals surface area (Å²) < 4.78 is 0. The zero-order chi connectivity index (χ0) is 3.41. The number of aliphatic hydroxyl groups excluding tert-OH is 1. The van der Waals surface area contributed by atoms with Crippen molar-refractivity contribution >= 4 is 6.21 Å². The molecule has 0 amide bonds. The van der Waals surface area contributed by atoms with Crippen LogP contribution in [0.4, 0.5) is 0 Å². The second kappa shape index (κ2) is 2.63. The van der Waals surface area contributed by atoms with Gasteiger partial charge >= 0.3 is 0 Å². The first-order valence-corrected chi connectivity index (χ1v) is 0.983. The van der Waals surface area contributed by atoms with Gasteiger partial charge in [0, 0.05) is 0 Å². The van der Waals surface area contributed by atoms with Crippen LogP contribution in [0.1, 0.15) is 0 Å². The highest BCUT2D eigenvalue weighted by atomic mass is 16.2. The third-order valence-corrected chi connectivity index (χ3v) is 0.0816. The van der Waals surface area contributed by atoms with Crippen molar-refractivity contribution in [3.63, 3.8) is 0 Å². The normalized spacial score (nSPS) is 6.25. The fourth-order valence-electron chi connectivity index (χ4n) is 0. The molecule has 0 saturated heterocycles. The highest BCUT2D eigenvalue weighted by Gasteiger charge is 1.49. The Morgan fingerprint density at radius 1 is 2.00 bits per heavy atom. The van der Waals surface area contributed by atoms with Crippen molar-refractivity contribution in [2.24, 2.45) is 0 Å². The topological polar surface area (TPSA) is 42.5 Å². The predicted molar refractivity (Wildman–Crippen MR) is 15.3 cm³/mol. The molecule has 2 heteroatoms. The first-order chi connectivity index (χ1) is 1.91. The molecule has 0 atom stereocenters. The summed E-state index contributed by atoms with van der Waals surface area (Å²) in [6, 6.07) is 0. The molecule has 0 aliphatic heterocycles. The summed E-state index contributed by atoms with van der Waals surface area (Å²) in [6.07, 6.45) is 0.681. The molecule has 0 aromatic carbocycles. The molecule has 0 aromatic heterocycles. The Bertz CT molecular complexity index is 20.0. The SMILES string of the molecule is [N]=CCO. The minimum Gasteiger partial charge on any atom is -0.391 e. The summed E-state index contributed by atoms with van der Waals surface area (Å²) in [7, 11) is 0. The van der Waals surface area contributed by atoms with E-state index in [1.807, 2.05) is 0 Å². The van der Waals surface area contributed by atoms with E-state index < -0.39 is 0 Å². The summed E-state index contributed by atoms with van der Waals surface area (Å²) in [6.45, 7) is -0.250. The molecular formula is C2H4NO. The maximum Gasteiger partial charge on any atom is 0.0802 e. The largest absolute Gasteiger partial charge is 0.391 e. The Morgan fingerprint density at radius 2 is 2.25 bits per heavy atom. The lowest BCUT2D eigenvalue weighted by Gasteiger charge is -1.56. The standard InChI is InChI=1S/C2H4NO/c3-1-2-4/h1,4H,2H2. The molecule has 0 fully saturated rings. The van der Waals surface area contributed by atoms with Crippen molar-refractivity contribution in [1.29, 1.82) is 0 Å². The third kappa shape index (κ3) is 1.63. The molecule has 2 nitrogen and oxygen atoms in total. The molecule has 0 unspecified atom stereocenters. The van der Waals surface area contributed by atoms with E-state index in [0.717, 1.165) is 0 Å². The summed E-state index contributed by atoms with van der Waals surface area (Å²) in [5, 5.41) is 15.1. The molecular weight excluding hydrogens is 54.0 g/mol. The van der Waals surface area contributed by atoms with Gasteiger partial charge in [-0.05, 0) is 0 Å². The van der Waals surface area contributed by atoms with E-state index in [-0.39, 0.29) is 6.61 Å². The van der Waals surface area contributed by atoms with Crippen LogP contribution in [-0.2, 0) is 0 Å². The molecule has 0 rings (SSSR count). The minimum absolute atomic E-state index is 0.250. The summed E-state index contributed by atoms with van der Waals surface area (Å²) >= 11 is 0. The molecule has 0 aliphatic carbocycles. The van der Waals surface area contributed by atoms with Gasteiger partial charge in [-0.1, -0.05) is 0 Å². The van der Waals surface area contributed by atoms with E-state index in [4.69, 9.17) is 10.5 Å². The molecule has 1 N–H and O–H groups in total. The first kappa shape index (κ1) is 3.63. The number of aliphatic hydroxyl groups is 1. The molecule has 0 aromatic rings. The Kier molecular flexibility index (Phi) is 2.39. The molecule has 0 bridgehead atoms. The number of rotatable bonds is 1. The van der Waals surface area contributed by atoms with Crippen LogP contribution in [-0.4, -0.2) is 17.9 Å². The number of hydrogen-bond acceptors (Lipinski definition) is 1. The van der Waals surface area contributed by atoms with Crippen LogP contribution < -0.4 is 5.41 Å². The molecule has 4 heavy (non-hydrogen) atoms. The Labute approximate surface area is 24.6 Å². The molecule has 0 saturated carbocycles. The zero-order valence-corrected chi connectivity index (χ0v) is 2.18. The van der Waals surface area contributed by atoms with E-state index in [1.165, 1.54) is 0 Å². The fourth-order valence-corrected chi connectivity index (χ4v) is 0. The van der Waals surface area contributed by atoms with E-state index in [9.17, 15) is 0 Å². The summed E-state index contributed by atoms with van der Waals surface area (Å²) in [5.41, 5.74) is 0. The second-order valence-electron chi connectivity index (χ2n) is 0.365. The predicted octanol–water partition coefficient (Wildman–Crippen LogP) is -1.15. The van der Waals surface area contributed by atoms with Crippen molar-refractivity contribution in [2.75, 3.05) is 6.61 Å². The van der Waals surface area contributed by atoms with Gasteiger partial charge in [0.05, 0.1) is 12.8 Å². The second-order valence-corrected chi connectivity index (χ2v) is 0.365. The Morgan fingerprint density at radius 3 is 2.25 bits per heavy atom. The minimum atomic E-state index is -0.250. The van der Waals surface area contributed by atoms with Gasteiger partial charge in [-0.2, -0.15) is 5.41 Å². The summed E-state index contributed by atoms with van der Waals surface area (Å²) in [4.78, 5) is 0. The average molecular weight is 58.1 g/mol. The third-order valence-electron chi connectivity index (χ3n) is 0.0816. The Hall–Kier alpha value is -0.370. The number of nitrogens with zero attached hydrogens (tertiary/aromatic N) is 1. The monoisotopic (exact) mass is 58.0 g/mol. The van der Waals surface area contributed by atoms with Crippen LogP contribution >= 0.6 is 0 Å². The maximum absolute atomic E-state index is 7.57. The van der Waals surface area contributed by atoms with E-state index >= 15 is 0 Å². The summed E-state index contributed by atoms with van der Waals surface area (Å²) in [5.74, 6) is 0. The molecule has 0 spiro atoms. The average Bonchev–Trinajstić information content (AvgIpc) is 1.37. The lowest BCUT2D eigenvalue weighted by Crippen LogP contribution is -1.78. The highest BCUT2D eigenvalue weighted by Crippen LogP contribution is 1.25. The smallest absolute Gasteiger partial charge is 0.0802 e. The first-order valence-electron chi connectivity index (χ1n) is 0.983. The quantitative estimate of drug-likeness (QED) is 0.380. The van der Waals surface area contributed by atoms with E-state index in [2.05, 4.69) is 0 Å². The van der Waals surface area contributed by atoms with Gasteiger partial charge in [0.25, 0.3) is 0 Å².